The van der Waals surface area contributed by atoms with Crippen molar-refractivity contribution in [2.24, 2.45) is 5.92 Å². The van der Waals surface area contributed by atoms with Gasteiger partial charge in [0.15, 0.2) is 0 Å². The molecule has 0 unspecified atom stereocenters. The third-order valence-electron chi connectivity index (χ3n) is 2.34. The van der Waals surface area contributed by atoms with Gasteiger partial charge in [0.1, 0.15) is 5.60 Å². The molecule has 1 aliphatic rings. The van der Waals surface area contributed by atoms with Crippen LogP contribution in [0.2, 0.25) is 0 Å². The van der Waals surface area contributed by atoms with E-state index in [9.17, 15) is 4.79 Å². The first-order chi connectivity index (χ1) is 6.79. The fraction of sp³-hybridized carbons (Fsp3) is 0.750. The van der Waals surface area contributed by atoms with E-state index in [2.05, 4.69) is 19.9 Å². The van der Waals surface area contributed by atoms with Crippen LogP contribution in [0.5, 0.6) is 0 Å². The van der Waals surface area contributed by atoms with Gasteiger partial charge >= 0.3 is 6.09 Å². The van der Waals surface area contributed by atoms with Crippen LogP contribution in [0.15, 0.2) is 11.6 Å². The maximum Gasteiger partial charge on any atom is 0.410 e. The first kappa shape index (κ1) is 12.1. The maximum atomic E-state index is 11.7. The molecule has 3 heteroatoms. The van der Waals surface area contributed by atoms with Gasteiger partial charge in [-0.05, 0) is 26.7 Å². The molecule has 1 aliphatic heterocycles. The van der Waals surface area contributed by atoms with Crippen molar-refractivity contribution in [2.45, 2.75) is 40.2 Å². The summed E-state index contributed by atoms with van der Waals surface area (Å²) in [6.45, 7) is 11.3. The van der Waals surface area contributed by atoms with E-state index in [0.29, 0.717) is 19.0 Å². The Balaban J connectivity index is 2.47. The third kappa shape index (κ3) is 3.57. The van der Waals surface area contributed by atoms with Gasteiger partial charge in [0.25, 0.3) is 0 Å². The van der Waals surface area contributed by atoms with E-state index in [1.165, 1.54) is 5.57 Å². The Morgan fingerprint density at radius 1 is 1.47 bits per heavy atom. The molecular weight excluding hydrogens is 190 g/mol. The van der Waals surface area contributed by atoms with Crippen LogP contribution in [0.25, 0.3) is 0 Å². The second kappa shape index (κ2) is 4.25. The predicted molar refractivity (Wildman–Crippen MR) is 60.7 cm³/mol. The van der Waals surface area contributed by atoms with Crippen LogP contribution < -0.4 is 0 Å². The van der Waals surface area contributed by atoms with Crippen molar-refractivity contribution < 1.29 is 9.53 Å². The highest BCUT2D eigenvalue weighted by molar-refractivity contribution is 5.69. The molecule has 3 nitrogen and oxygen atoms in total. The number of carbonyl (C=O) groups excluding carboxylic acids is 1. The fourth-order valence-corrected chi connectivity index (χ4v) is 1.46. The standard InChI is InChI=1S/C12H21NO2/c1-9(2)10-6-7-13(8-10)11(14)15-12(3,4)5/h6,9H,7-8H2,1-5H3. The lowest BCUT2D eigenvalue weighted by atomic mass is 10.1. The molecule has 0 aromatic heterocycles. The summed E-state index contributed by atoms with van der Waals surface area (Å²) in [5.41, 5.74) is 0.915. The lowest BCUT2D eigenvalue weighted by Crippen LogP contribution is -2.35. The van der Waals surface area contributed by atoms with Gasteiger partial charge in [-0.1, -0.05) is 25.5 Å². The Morgan fingerprint density at radius 2 is 2.07 bits per heavy atom. The first-order valence-electron chi connectivity index (χ1n) is 5.46. The van der Waals surface area contributed by atoms with Crippen molar-refractivity contribution in [3.8, 4) is 0 Å². The lowest BCUT2D eigenvalue weighted by Gasteiger charge is -2.24. The zero-order valence-corrected chi connectivity index (χ0v) is 10.3. The van der Waals surface area contributed by atoms with Gasteiger partial charge in [-0.2, -0.15) is 0 Å². The molecular formula is C12H21NO2. The number of ether oxygens (including phenoxy) is 1. The van der Waals surface area contributed by atoms with Gasteiger partial charge in [0, 0.05) is 13.1 Å². The zero-order valence-electron chi connectivity index (χ0n) is 10.3. The van der Waals surface area contributed by atoms with E-state index in [4.69, 9.17) is 4.74 Å². The van der Waals surface area contributed by atoms with E-state index in [1.54, 1.807) is 4.90 Å². The summed E-state index contributed by atoms with van der Waals surface area (Å²) in [4.78, 5) is 13.4. The Kier molecular flexibility index (Phi) is 3.42. The Hall–Kier alpha value is -0.990. The minimum absolute atomic E-state index is 0.214. The molecule has 0 saturated heterocycles. The number of nitrogens with zero attached hydrogens (tertiary/aromatic N) is 1. The number of carbonyl (C=O) groups is 1. The highest BCUT2D eigenvalue weighted by atomic mass is 16.6. The van der Waals surface area contributed by atoms with E-state index >= 15 is 0 Å². The number of hydrogen-bond acceptors (Lipinski definition) is 2. The highest BCUT2D eigenvalue weighted by Crippen LogP contribution is 2.19. The molecule has 1 heterocycles. The number of amides is 1. The molecule has 1 amide bonds. The van der Waals surface area contributed by atoms with Crippen LogP contribution in [0.1, 0.15) is 34.6 Å². The Morgan fingerprint density at radius 3 is 2.47 bits per heavy atom. The van der Waals surface area contributed by atoms with Crippen LogP contribution >= 0.6 is 0 Å². The molecule has 0 saturated carbocycles. The molecule has 0 radical (unpaired) electrons. The van der Waals surface area contributed by atoms with E-state index < -0.39 is 5.60 Å². The second-order valence-electron chi connectivity index (χ2n) is 5.29. The van der Waals surface area contributed by atoms with Crippen molar-refractivity contribution in [2.75, 3.05) is 13.1 Å². The van der Waals surface area contributed by atoms with Crippen LogP contribution in [0, 0.1) is 5.92 Å². The van der Waals surface area contributed by atoms with Crippen molar-refractivity contribution in [1.29, 1.82) is 0 Å². The molecule has 0 spiro atoms. The average Bonchev–Trinajstić information content (AvgIpc) is 2.47. The van der Waals surface area contributed by atoms with E-state index in [1.807, 2.05) is 20.8 Å². The quantitative estimate of drug-likeness (QED) is 0.624. The second-order valence-corrected chi connectivity index (χ2v) is 5.29. The van der Waals surface area contributed by atoms with Gasteiger partial charge in [-0.15, -0.1) is 0 Å². The van der Waals surface area contributed by atoms with E-state index in [0.717, 1.165) is 0 Å². The smallest absolute Gasteiger partial charge is 0.410 e. The minimum Gasteiger partial charge on any atom is -0.444 e. The summed E-state index contributed by atoms with van der Waals surface area (Å²) in [5.74, 6) is 0.512. The predicted octanol–water partition coefficient (Wildman–Crippen LogP) is 2.82. The van der Waals surface area contributed by atoms with Crippen molar-refractivity contribution in [1.82, 2.24) is 4.90 Å². The summed E-state index contributed by atoms with van der Waals surface area (Å²) in [6.07, 6.45) is 1.91. The normalized spacial score (nSPS) is 16.9. The zero-order chi connectivity index (χ0) is 11.6. The summed E-state index contributed by atoms with van der Waals surface area (Å²) in [6, 6.07) is 0. The molecule has 0 aromatic carbocycles. The molecule has 1 rings (SSSR count). The summed E-state index contributed by atoms with van der Waals surface area (Å²) >= 11 is 0. The van der Waals surface area contributed by atoms with Crippen LogP contribution in [0.4, 0.5) is 4.79 Å². The van der Waals surface area contributed by atoms with Crippen molar-refractivity contribution in [3.63, 3.8) is 0 Å². The Bertz CT molecular complexity index is 274. The Labute approximate surface area is 92.1 Å². The third-order valence-corrected chi connectivity index (χ3v) is 2.34. The van der Waals surface area contributed by atoms with Gasteiger partial charge in [0.2, 0.25) is 0 Å². The van der Waals surface area contributed by atoms with Crippen LogP contribution in [-0.2, 0) is 4.74 Å². The maximum absolute atomic E-state index is 11.7. The fourth-order valence-electron chi connectivity index (χ4n) is 1.46. The van der Waals surface area contributed by atoms with Gasteiger partial charge in [-0.25, -0.2) is 4.79 Å². The lowest BCUT2D eigenvalue weighted by molar-refractivity contribution is 0.0300. The van der Waals surface area contributed by atoms with Crippen LogP contribution in [-0.4, -0.2) is 29.7 Å². The first-order valence-corrected chi connectivity index (χ1v) is 5.46. The largest absolute Gasteiger partial charge is 0.444 e. The monoisotopic (exact) mass is 211 g/mol. The summed E-state index contributed by atoms with van der Waals surface area (Å²) in [7, 11) is 0. The van der Waals surface area contributed by atoms with Gasteiger partial charge in [-0.3, -0.25) is 0 Å². The number of hydrogen-bond donors (Lipinski definition) is 0. The summed E-state index contributed by atoms with van der Waals surface area (Å²) < 4.78 is 5.30. The highest BCUT2D eigenvalue weighted by Gasteiger charge is 2.25. The SMILES string of the molecule is CC(C)C1=CCN(C(=O)OC(C)(C)C)C1. The van der Waals surface area contributed by atoms with E-state index in [-0.39, 0.29) is 6.09 Å². The molecule has 0 N–H and O–H groups in total. The van der Waals surface area contributed by atoms with Gasteiger partial charge < -0.3 is 9.64 Å². The molecule has 0 bridgehead atoms. The van der Waals surface area contributed by atoms with Crippen LogP contribution in [0.3, 0.4) is 0 Å². The molecule has 15 heavy (non-hydrogen) atoms. The summed E-state index contributed by atoms with van der Waals surface area (Å²) in [5, 5.41) is 0. The average molecular weight is 211 g/mol. The molecule has 0 aromatic rings. The van der Waals surface area contributed by atoms with Crippen molar-refractivity contribution >= 4 is 6.09 Å². The molecule has 0 fully saturated rings. The topological polar surface area (TPSA) is 29.5 Å². The van der Waals surface area contributed by atoms with Crippen molar-refractivity contribution in [3.05, 3.63) is 11.6 Å². The van der Waals surface area contributed by atoms with Gasteiger partial charge in [0.05, 0.1) is 0 Å². The number of rotatable bonds is 1. The minimum atomic E-state index is -0.405. The molecule has 86 valence electrons. The molecule has 0 atom stereocenters. The molecule has 0 aliphatic carbocycles.